The molecule has 0 bridgehead atoms. The van der Waals surface area contributed by atoms with Crippen molar-refractivity contribution in [1.29, 1.82) is 5.26 Å². The van der Waals surface area contributed by atoms with Crippen LogP contribution < -0.4 is 0 Å². The summed E-state index contributed by atoms with van der Waals surface area (Å²) in [5.41, 5.74) is 0.391. The number of sulfone groups is 1. The molecule has 0 aromatic heterocycles. The third-order valence-electron chi connectivity index (χ3n) is 3.02. The van der Waals surface area contributed by atoms with E-state index in [9.17, 15) is 17.2 Å². The van der Waals surface area contributed by atoms with Gasteiger partial charge < -0.3 is 0 Å². The summed E-state index contributed by atoms with van der Waals surface area (Å²) >= 11 is 0. The Hall–Kier alpha value is -2.26. The highest BCUT2D eigenvalue weighted by Gasteiger charge is 2.31. The molecule has 6 heteroatoms. The van der Waals surface area contributed by atoms with Crippen LogP contribution in [0.5, 0.6) is 0 Å². The quantitative estimate of drug-likeness (QED) is 0.813. The fourth-order valence-corrected chi connectivity index (χ4v) is 3.72. The van der Waals surface area contributed by atoms with Gasteiger partial charge in [-0.15, -0.1) is 0 Å². The van der Waals surface area contributed by atoms with Gasteiger partial charge in [0.2, 0.25) is 0 Å². The van der Waals surface area contributed by atoms with Crippen molar-refractivity contribution in [2.45, 2.75) is 16.6 Å². The lowest BCUT2D eigenvalue weighted by molar-refractivity contribution is 0.543. The number of nitriles is 1. The van der Waals surface area contributed by atoms with Gasteiger partial charge in [0.25, 0.3) is 0 Å². The molecule has 0 saturated carbocycles. The van der Waals surface area contributed by atoms with E-state index in [1.165, 1.54) is 0 Å². The molecule has 0 aliphatic heterocycles. The van der Waals surface area contributed by atoms with Crippen molar-refractivity contribution in [2.75, 3.05) is 0 Å². The largest absolute Gasteiger partial charge is 0.223 e. The molecule has 0 amide bonds. The monoisotopic (exact) mass is 307 g/mol. The lowest BCUT2D eigenvalue weighted by Crippen LogP contribution is -2.15. The van der Waals surface area contributed by atoms with E-state index >= 15 is 0 Å². The topological polar surface area (TPSA) is 57.9 Å². The summed E-state index contributed by atoms with van der Waals surface area (Å²) in [7, 11) is -4.13. The van der Waals surface area contributed by atoms with E-state index in [1.807, 2.05) is 0 Å². The van der Waals surface area contributed by atoms with E-state index < -0.39 is 31.6 Å². The van der Waals surface area contributed by atoms with Gasteiger partial charge in [-0.3, -0.25) is 0 Å². The molecule has 2 aromatic rings. The molecule has 1 atom stereocenters. The predicted octanol–water partition coefficient (Wildman–Crippen LogP) is 3.39. The number of halogens is 2. The predicted molar refractivity (Wildman–Crippen MR) is 73.0 cm³/mol. The average Bonchev–Trinajstić information content (AvgIpc) is 2.45. The highest BCUT2D eigenvalue weighted by atomic mass is 32.2. The highest BCUT2D eigenvalue weighted by molar-refractivity contribution is 7.91. The van der Waals surface area contributed by atoms with Gasteiger partial charge in [-0.05, 0) is 17.7 Å². The third kappa shape index (κ3) is 3.09. The molecule has 0 aliphatic carbocycles. The minimum atomic E-state index is -4.13. The maximum absolute atomic E-state index is 13.8. The fourth-order valence-electron chi connectivity index (χ4n) is 2.02. The van der Waals surface area contributed by atoms with E-state index in [-0.39, 0.29) is 6.42 Å². The Balaban J connectivity index is 2.56. The van der Waals surface area contributed by atoms with Crippen LogP contribution >= 0.6 is 0 Å². The maximum atomic E-state index is 13.8. The van der Waals surface area contributed by atoms with E-state index in [1.54, 1.807) is 36.4 Å². The molecule has 0 N–H and O–H groups in total. The minimum absolute atomic E-state index is 0.316. The first-order valence-corrected chi connectivity index (χ1v) is 7.62. The Labute approximate surface area is 121 Å². The van der Waals surface area contributed by atoms with Crippen molar-refractivity contribution in [3.05, 3.63) is 65.7 Å². The number of benzene rings is 2. The maximum Gasteiger partial charge on any atom is 0.189 e. The smallest absolute Gasteiger partial charge is 0.189 e. The molecule has 3 nitrogen and oxygen atoms in total. The number of hydrogen-bond acceptors (Lipinski definition) is 3. The molecule has 1 unspecified atom stereocenters. The average molecular weight is 307 g/mol. The summed E-state index contributed by atoms with van der Waals surface area (Å²) in [4.78, 5) is -0.604. The van der Waals surface area contributed by atoms with Crippen LogP contribution in [0.2, 0.25) is 0 Å². The van der Waals surface area contributed by atoms with Crippen molar-refractivity contribution in [3.63, 3.8) is 0 Å². The second-order valence-corrected chi connectivity index (χ2v) is 6.48. The standard InChI is InChI=1S/C15H11F2NO2S/c16-12-6-7-15(13(17)10-12)21(19,20)14(8-9-18)11-4-2-1-3-5-11/h1-7,10,14H,8H2. The highest BCUT2D eigenvalue weighted by Crippen LogP contribution is 2.32. The Kier molecular flexibility index (Phi) is 4.34. The Bertz CT molecular complexity index is 783. The first-order valence-electron chi connectivity index (χ1n) is 6.07. The van der Waals surface area contributed by atoms with Crippen molar-refractivity contribution in [1.82, 2.24) is 0 Å². The summed E-state index contributed by atoms with van der Waals surface area (Å²) in [6.45, 7) is 0. The van der Waals surface area contributed by atoms with Gasteiger partial charge in [-0.25, -0.2) is 17.2 Å². The molecule has 0 fully saturated rings. The van der Waals surface area contributed by atoms with Gasteiger partial charge >= 0.3 is 0 Å². The molecular formula is C15H11F2NO2S. The van der Waals surface area contributed by atoms with Crippen molar-refractivity contribution in [3.8, 4) is 6.07 Å². The fraction of sp³-hybridized carbons (Fsp3) is 0.133. The SMILES string of the molecule is N#CCC(c1ccccc1)S(=O)(=O)c1ccc(F)cc1F. The number of nitrogens with zero attached hydrogens (tertiary/aromatic N) is 1. The van der Waals surface area contributed by atoms with Crippen LogP contribution in [0.1, 0.15) is 17.2 Å². The van der Waals surface area contributed by atoms with Crippen molar-refractivity contribution < 1.29 is 17.2 Å². The summed E-state index contributed by atoms with van der Waals surface area (Å²) < 4.78 is 51.8. The van der Waals surface area contributed by atoms with Gasteiger partial charge in [0.1, 0.15) is 21.8 Å². The molecular weight excluding hydrogens is 296 g/mol. The van der Waals surface area contributed by atoms with E-state index in [2.05, 4.69) is 0 Å². The van der Waals surface area contributed by atoms with Crippen LogP contribution in [0.15, 0.2) is 53.4 Å². The zero-order valence-electron chi connectivity index (χ0n) is 10.8. The molecule has 0 radical (unpaired) electrons. The van der Waals surface area contributed by atoms with E-state index in [0.717, 1.165) is 12.1 Å². The molecule has 21 heavy (non-hydrogen) atoms. The number of hydrogen-bond donors (Lipinski definition) is 0. The molecule has 108 valence electrons. The van der Waals surface area contributed by atoms with Gasteiger partial charge in [-0.1, -0.05) is 30.3 Å². The van der Waals surface area contributed by atoms with Crippen molar-refractivity contribution in [2.24, 2.45) is 0 Å². The van der Waals surface area contributed by atoms with Gasteiger partial charge in [0, 0.05) is 6.07 Å². The molecule has 2 aromatic carbocycles. The molecule has 0 heterocycles. The third-order valence-corrected chi connectivity index (χ3v) is 5.16. The zero-order chi connectivity index (χ0) is 15.5. The summed E-state index contributed by atoms with van der Waals surface area (Å²) in [5, 5.41) is 7.66. The molecule has 0 spiro atoms. The first-order chi connectivity index (χ1) is 9.96. The summed E-state index contributed by atoms with van der Waals surface area (Å²) in [5.74, 6) is -2.02. The van der Waals surface area contributed by atoms with Crippen LogP contribution in [0.4, 0.5) is 8.78 Å². The van der Waals surface area contributed by atoms with Gasteiger partial charge in [-0.2, -0.15) is 5.26 Å². The van der Waals surface area contributed by atoms with Crippen LogP contribution in [0.3, 0.4) is 0 Å². The van der Waals surface area contributed by atoms with Crippen LogP contribution in [0.25, 0.3) is 0 Å². The normalized spacial score (nSPS) is 12.6. The second kappa shape index (κ2) is 6.02. The van der Waals surface area contributed by atoms with Crippen LogP contribution in [-0.4, -0.2) is 8.42 Å². The van der Waals surface area contributed by atoms with E-state index in [0.29, 0.717) is 11.6 Å². The lowest BCUT2D eigenvalue weighted by atomic mass is 10.1. The van der Waals surface area contributed by atoms with Crippen LogP contribution in [-0.2, 0) is 9.84 Å². The first kappa shape index (κ1) is 15.1. The van der Waals surface area contributed by atoms with Gasteiger partial charge in [0.05, 0.1) is 12.5 Å². The summed E-state index contributed by atoms with van der Waals surface area (Å²) in [6, 6.07) is 12.2. The molecule has 0 saturated heterocycles. The zero-order valence-corrected chi connectivity index (χ0v) is 11.6. The molecule has 2 rings (SSSR count). The Morgan fingerprint density at radius 1 is 1.10 bits per heavy atom. The number of rotatable bonds is 4. The molecule has 0 aliphatic rings. The van der Waals surface area contributed by atoms with E-state index in [4.69, 9.17) is 5.26 Å². The second-order valence-electron chi connectivity index (χ2n) is 4.38. The summed E-state index contributed by atoms with van der Waals surface area (Å²) in [6.07, 6.45) is -0.316. The van der Waals surface area contributed by atoms with Crippen LogP contribution in [0, 0.1) is 23.0 Å². The van der Waals surface area contributed by atoms with Gasteiger partial charge in [0.15, 0.2) is 9.84 Å². The van der Waals surface area contributed by atoms with Crippen molar-refractivity contribution >= 4 is 9.84 Å². The lowest BCUT2D eigenvalue weighted by Gasteiger charge is -2.16. The Morgan fingerprint density at radius 2 is 1.76 bits per heavy atom. The Morgan fingerprint density at radius 3 is 2.33 bits per heavy atom. The minimum Gasteiger partial charge on any atom is -0.223 e.